The summed E-state index contributed by atoms with van der Waals surface area (Å²) in [5, 5.41) is 7.10. The minimum atomic E-state index is 0.302. The maximum atomic E-state index is 4.59. The van der Waals surface area contributed by atoms with Crippen LogP contribution in [0.3, 0.4) is 0 Å². The van der Waals surface area contributed by atoms with Crippen molar-refractivity contribution < 1.29 is 0 Å². The second-order valence-electron chi connectivity index (χ2n) is 4.28. The molecular formula is C13H24N2S. The van der Waals surface area contributed by atoms with Gasteiger partial charge in [0.25, 0.3) is 0 Å². The molecule has 0 aliphatic rings. The van der Waals surface area contributed by atoms with E-state index in [0.29, 0.717) is 5.54 Å². The van der Waals surface area contributed by atoms with Crippen LogP contribution in [-0.4, -0.2) is 10.5 Å². The van der Waals surface area contributed by atoms with E-state index in [1.165, 1.54) is 30.0 Å². The van der Waals surface area contributed by atoms with Gasteiger partial charge in [-0.2, -0.15) is 0 Å². The Morgan fingerprint density at radius 2 is 1.81 bits per heavy atom. The number of hydrogen-bond acceptors (Lipinski definition) is 3. The van der Waals surface area contributed by atoms with Gasteiger partial charge in [0.2, 0.25) is 0 Å². The van der Waals surface area contributed by atoms with E-state index in [1.807, 2.05) is 0 Å². The standard InChI is InChI=1S/C13H24N2S/c1-5-12-15-11(10-16-12)9-14-13(6-2,7-3)8-4/h10,14H,5-9H2,1-4H3. The zero-order chi connectivity index (χ0) is 12.0. The summed E-state index contributed by atoms with van der Waals surface area (Å²) in [4.78, 5) is 4.59. The zero-order valence-electron chi connectivity index (χ0n) is 11.0. The number of thiazole rings is 1. The van der Waals surface area contributed by atoms with Crippen molar-refractivity contribution in [2.45, 2.75) is 65.5 Å². The van der Waals surface area contributed by atoms with Gasteiger partial charge in [-0.25, -0.2) is 4.98 Å². The summed E-state index contributed by atoms with van der Waals surface area (Å²) in [7, 11) is 0. The molecule has 0 fully saturated rings. The highest BCUT2D eigenvalue weighted by molar-refractivity contribution is 7.09. The summed E-state index contributed by atoms with van der Waals surface area (Å²) in [5.74, 6) is 0. The Labute approximate surface area is 103 Å². The third-order valence-electron chi connectivity index (χ3n) is 3.58. The lowest BCUT2D eigenvalue weighted by molar-refractivity contribution is 0.287. The first-order valence-corrected chi connectivity index (χ1v) is 7.26. The predicted octanol–water partition coefficient (Wildman–Crippen LogP) is 3.76. The smallest absolute Gasteiger partial charge is 0.0926 e. The van der Waals surface area contributed by atoms with E-state index in [2.05, 4.69) is 43.4 Å². The Kier molecular flexibility index (Phi) is 5.42. The third kappa shape index (κ3) is 3.29. The number of aryl methyl sites for hydroxylation is 1. The SMILES string of the molecule is CCc1nc(CNC(CC)(CC)CC)cs1. The minimum absolute atomic E-state index is 0.302. The molecule has 1 heterocycles. The largest absolute Gasteiger partial charge is 0.306 e. The van der Waals surface area contributed by atoms with E-state index < -0.39 is 0 Å². The second-order valence-corrected chi connectivity index (χ2v) is 5.22. The van der Waals surface area contributed by atoms with Crippen LogP contribution in [-0.2, 0) is 13.0 Å². The fourth-order valence-electron chi connectivity index (χ4n) is 2.00. The molecule has 0 radical (unpaired) electrons. The number of hydrogen-bond donors (Lipinski definition) is 1. The molecule has 0 aliphatic heterocycles. The van der Waals surface area contributed by atoms with Crippen LogP contribution in [0.1, 0.15) is 57.7 Å². The van der Waals surface area contributed by atoms with Gasteiger partial charge in [-0.15, -0.1) is 11.3 Å². The molecule has 3 heteroatoms. The van der Waals surface area contributed by atoms with E-state index in [1.54, 1.807) is 11.3 Å². The van der Waals surface area contributed by atoms with Crippen molar-refractivity contribution in [3.63, 3.8) is 0 Å². The fraction of sp³-hybridized carbons (Fsp3) is 0.769. The molecule has 1 rings (SSSR count). The highest BCUT2D eigenvalue weighted by Crippen LogP contribution is 2.20. The molecule has 0 aliphatic carbocycles. The first kappa shape index (κ1) is 13.7. The van der Waals surface area contributed by atoms with Crippen LogP contribution in [0.4, 0.5) is 0 Å². The first-order valence-electron chi connectivity index (χ1n) is 6.38. The van der Waals surface area contributed by atoms with Crippen LogP contribution in [0.5, 0.6) is 0 Å². The molecule has 0 saturated heterocycles. The average molecular weight is 240 g/mol. The molecule has 0 atom stereocenters. The van der Waals surface area contributed by atoms with Crippen molar-refractivity contribution in [1.29, 1.82) is 0 Å². The topological polar surface area (TPSA) is 24.9 Å². The Morgan fingerprint density at radius 1 is 1.19 bits per heavy atom. The highest BCUT2D eigenvalue weighted by Gasteiger charge is 2.22. The summed E-state index contributed by atoms with van der Waals surface area (Å²) in [6, 6.07) is 0. The van der Waals surface area contributed by atoms with Crippen LogP contribution in [0.25, 0.3) is 0 Å². The summed E-state index contributed by atoms with van der Waals surface area (Å²) >= 11 is 1.77. The van der Waals surface area contributed by atoms with Gasteiger partial charge in [0.1, 0.15) is 0 Å². The van der Waals surface area contributed by atoms with E-state index >= 15 is 0 Å². The number of aromatic nitrogens is 1. The molecule has 1 aromatic rings. The van der Waals surface area contributed by atoms with Gasteiger partial charge in [-0.3, -0.25) is 0 Å². The van der Waals surface area contributed by atoms with Crippen molar-refractivity contribution in [2.75, 3.05) is 0 Å². The van der Waals surface area contributed by atoms with E-state index in [9.17, 15) is 0 Å². The maximum Gasteiger partial charge on any atom is 0.0926 e. The molecule has 0 unspecified atom stereocenters. The Balaban J connectivity index is 2.55. The van der Waals surface area contributed by atoms with Crippen molar-refractivity contribution in [3.8, 4) is 0 Å². The van der Waals surface area contributed by atoms with Gasteiger partial charge in [-0.1, -0.05) is 27.7 Å². The lowest BCUT2D eigenvalue weighted by Crippen LogP contribution is -2.43. The van der Waals surface area contributed by atoms with Gasteiger partial charge in [0.05, 0.1) is 10.7 Å². The maximum absolute atomic E-state index is 4.59. The predicted molar refractivity (Wildman–Crippen MR) is 71.9 cm³/mol. The number of nitrogens with one attached hydrogen (secondary N) is 1. The molecule has 0 spiro atoms. The summed E-state index contributed by atoms with van der Waals surface area (Å²) in [5.41, 5.74) is 1.50. The molecule has 92 valence electrons. The third-order valence-corrected chi connectivity index (χ3v) is 4.62. The van der Waals surface area contributed by atoms with Crippen molar-refractivity contribution in [3.05, 3.63) is 16.1 Å². The summed E-state index contributed by atoms with van der Waals surface area (Å²) in [6.45, 7) is 9.85. The number of nitrogens with zero attached hydrogens (tertiary/aromatic N) is 1. The monoisotopic (exact) mass is 240 g/mol. The molecular weight excluding hydrogens is 216 g/mol. The van der Waals surface area contributed by atoms with Crippen LogP contribution in [0, 0.1) is 0 Å². The fourth-order valence-corrected chi connectivity index (χ4v) is 2.74. The quantitative estimate of drug-likeness (QED) is 0.785. The highest BCUT2D eigenvalue weighted by atomic mass is 32.1. The lowest BCUT2D eigenvalue weighted by atomic mass is 9.90. The van der Waals surface area contributed by atoms with E-state index in [4.69, 9.17) is 0 Å². The Hall–Kier alpha value is -0.410. The van der Waals surface area contributed by atoms with E-state index in [0.717, 1.165) is 13.0 Å². The second kappa shape index (κ2) is 6.36. The van der Waals surface area contributed by atoms with Crippen LogP contribution in [0.15, 0.2) is 5.38 Å². The van der Waals surface area contributed by atoms with Gasteiger partial charge < -0.3 is 5.32 Å². The van der Waals surface area contributed by atoms with Gasteiger partial charge in [-0.05, 0) is 25.7 Å². The molecule has 16 heavy (non-hydrogen) atoms. The number of rotatable bonds is 7. The minimum Gasteiger partial charge on any atom is -0.306 e. The Morgan fingerprint density at radius 3 is 2.25 bits per heavy atom. The lowest BCUT2D eigenvalue weighted by Gasteiger charge is -2.31. The van der Waals surface area contributed by atoms with Crippen molar-refractivity contribution in [1.82, 2.24) is 10.3 Å². The first-order chi connectivity index (χ1) is 7.69. The van der Waals surface area contributed by atoms with Gasteiger partial charge in [0, 0.05) is 17.5 Å². The molecule has 0 saturated carbocycles. The van der Waals surface area contributed by atoms with Crippen molar-refractivity contribution in [2.24, 2.45) is 0 Å². The molecule has 1 N–H and O–H groups in total. The molecule has 2 nitrogen and oxygen atoms in total. The summed E-state index contributed by atoms with van der Waals surface area (Å²) < 4.78 is 0. The summed E-state index contributed by atoms with van der Waals surface area (Å²) in [6.07, 6.45) is 4.60. The van der Waals surface area contributed by atoms with Gasteiger partial charge >= 0.3 is 0 Å². The molecule has 0 bridgehead atoms. The average Bonchev–Trinajstić information content (AvgIpc) is 2.80. The van der Waals surface area contributed by atoms with Gasteiger partial charge in [0.15, 0.2) is 0 Å². The Bertz CT molecular complexity index is 294. The van der Waals surface area contributed by atoms with E-state index in [-0.39, 0.29) is 0 Å². The molecule has 0 amide bonds. The molecule has 0 aromatic carbocycles. The van der Waals surface area contributed by atoms with Crippen LogP contribution < -0.4 is 5.32 Å². The van der Waals surface area contributed by atoms with Crippen LogP contribution in [0.2, 0.25) is 0 Å². The normalized spacial score (nSPS) is 12.0. The van der Waals surface area contributed by atoms with Crippen LogP contribution >= 0.6 is 11.3 Å². The zero-order valence-corrected chi connectivity index (χ0v) is 11.8. The van der Waals surface area contributed by atoms with Crippen molar-refractivity contribution >= 4 is 11.3 Å². The molecule has 1 aromatic heterocycles.